The molecule has 1 atom stereocenters. The molecule has 1 aliphatic carbocycles. The smallest absolute Gasteiger partial charge is 0.128 e. The van der Waals surface area contributed by atoms with Gasteiger partial charge in [0.15, 0.2) is 0 Å². The lowest BCUT2D eigenvalue weighted by atomic mass is 9.78. The maximum Gasteiger partial charge on any atom is 0.128 e. The number of aliphatic hydroxyl groups excluding tert-OH is 1. The third-order valence-electron chi connectivity index (χ3n) is 6.21. The maximum absolute atomic E-state index is 9.56. The number of aryl methyl sites for hydroxylation is 1. The van der Waals surface area contributed by atoms with Gasteiger partial charge in [-0.3, -0.25) is 0 Å². The summed E-state index contributed by atoms with van der Waals surface area (Å²) >= 11 is 0. The average Bonchev–Trinajstić information content (AvgIpc) is 2.73. The Balaban J connectivity index is 1.66. The topological polar surface area (TPSA) is 55.2 Å². The maximum atomic E-state index is 9.56. The molecule has 4 heteroatoms. The Morgan fingerprint density at radius 3 is 2.38 bits per heavy atom. The Hall–Kier alpha value is -1.26. The lowest BCUT2D eigenvalue weighted by molar-refractivity contribution is 0.0854. The van der Waals surface area contributed by atoms with Gasteiger partial charge in [-0.15, -0.1) is 0 Å². The van der Waals surface area contributed by atoms with Gasteiger partial charge in [-0.05, 0) is 37.2 Å². The number of rotatable bonds is 14. The van der Waals surface area contributed by atoms with Gasteiger partial charge in [0.25, 0.3) is 0 Å². The standard InChI is InChI=1S/C25H42N2O2/c1-4-5-6-7-21-8-10-22(11-9-21)12-13-23-15-26-25(27-16-23)14-24(17-28)19-29-18-20(2)3/h15-16,21-22,24,28H,2,4-14,17-19H2,1,3H3. The van der Waals surface area contributed by atoms with E-state index in [0.717, 1.165) is 29.7 Å². The van der Waals surface area contributed by atoms with E-state index in [9.17, 15) is 5.11 Å². The van der Waals surface area contributed by atoms with Gasteiger partial charge in [0.2, 0.25) is 0 Å². The van der Waals surface area contributed by atoms with E-state index in [1.54, 1.807) is 0 Å². The fourth-order valence-electron chi connectivity index (χ4n) is 4.31. The van der Waals surface area contributed by atoms with Crippen molar-refractivity contribution in [3.05, 3.63) is 35.9 Å². The Morgan fingerprint density at radius 1 is 1.14 bits per heavy atom. The van der Waals surface area contributed by atoms with E-state index in [4.69, 9.17) is 4.74 Å². The van der Waals surface area contributed by atoms with Crippen LogP contribution >= 0.6 is 0 Å². The van der Waals surface area contributed by atoms with Gasteiger partial charge >= 0.3 is 0 Å². The molecule has 0 spiro atoms. The molecule has 1 fully saturated rings. The quantitative estimate of drug-likeness (QED) is 0.328. The summed E-state index contributed by atoms with van der Waals surface area (Å²) < 4.78 is 5.57. The zero-order valence-corrected chi connectivity index (χ0v) is 18.7. The van der Waals surface area contributed by atoms with Crippen LogP contribution in [0.5, 0.6) is 0 Å². The summed E-state index contributed by atoms with van der Waals surface area (Å²) in [5.41, 5.74) is 2.23. The van der Waals surface area contributed by atoms with Crippen molar-refractivity contribution in [1.82, 2.24) is 9.97 Å². The second-order valence-electron chi connectivity index (χ2n) is 9.15. The van der Waals surface area contributed by atoms with Crippen LogP contribution in [-0.2, 0) is 17.6 Å². The van der Waals surface area contributed by atoms with Crippen LogP contribution in [0.2, 0.25) is 0 Å². The van der Waals surface area contributed by atoms with E-state index in [-0.39, 0.29) is 12.5 Å². The number of nitrogens with zero attached hydrogens (tertiary/aromatic N) is 2. The molecular formula is C25H42N2O2. The van der Waals surface area contributed by atoms with Gasteiger partial charge in [0, 0.05) is 31.3 Å². The minimum absolute atomic E-state index is 0.0349. The molecule has 1 N–H and O–H groups in total. The van der Waals surface area contributed by atoms with Crippen LogP contribution in [0, 0.1) is 17.8 Å². The lowest BCUT2D eigenvalue weighted by Gasteiger charge is -2.28. The summed E-state index contributed by atoms with van der Waals surface area (Å²) in [6, 6.07) is 0. The predicted molar refractivity (Wildman–Crippen MR) is 120 cm³/mol. The van der Waals surface area contributed by atoms with Crippen LogP contribution in [-0.4, -0.2) is 34.9 Å². The molecule has 0 aliphatic heterocycles. The SMILES string of the molecule is C=C(C)COCC(CO)Cc1ncc(CCC2CCC(CCCCC)CC2)cn1. The second-order valence-corrected chi connectivity index (χ2v) is 9.15. The monoisotopic (exact) mass is 402 g/mol. The van der Waals surface area contributed by atoms with E-state index in [0.29, 0.717) is 19.6 Å². The molecule has 1 saturated carbocycles. The van der Waals surface area contributed by atoms with Gasteiger partial charge in [0.05, 0.1) is 13.2 Å². The molecular weight excluding hydrogens is 360 g/mol. The first-order chi connectivity index (χ1) is 14.1. The zero-order valence-electron chi connectivity index (χ0n) is 18.7. The third-order valence-corrected chi connectivity index (χ3v) is 6.21. The summed E-state index contributed by atoms with van der Waals surface area (Å²) in [6.45, 7) is 9.19. The zero-order chi connectivity index (χ0) is 20.9. The molecule has 0 saturated heterocycles. The first-order valence-electron chi connectivity index (χ1n) is 11.7. The molecule has 0 bridgehead atoms. The highest BCUT2D eigenvalue weighted by atomic mass is 16.5. The number of aliphatic hydroxyl groups is 1. The largest absolute Gasteiger partial charge is 0.396 e. The second kappa shape index (κ2) is 13.9. The number of hydrogen-bond acceptors (Lipinski definition) is 4. The van der Waals surface area contributed by atoms with Crippen LogP contribution in [0.15, 0.2) is 24.5 Å². The molecule has 1 aliphatic rings. The fourth-order valence-corrected chi connectivity index (χ4v) is 4.31. The number of ether oxygens (including phenoxy) is 1. The molecule has 0 amide bonds. The van der Waals surface area contributed by atoms with Crippen molar-refractivity contribution < 1.29 is 9.84 Å². The van der Waals surface area contributed by atoms with E-state index in [1.807, 2.05) is 19.3 Å². The molecule has 1 unspecified atom stereocenters. The van der Waals surface area contributed by atoms with Crippen molar-refractivity contribution >= 4 is 0 Å². The fraction of sp³-hybridized carbons (Fsp3) is 0.760. The van der Waals surface area contributed by atoms with E-state index in [1.165, 1.54) is 63.4 Å². The molecule has 0 aromatic carbocycles. The first kappa shape index (κ1) is 24.0. The first-order valence-corrected chi connectivity index (χ1v) is 11.7. The highest BCUT2D eigenvalue weighted by molar-refractivity contribution is 5.06. The Bertz CT molecular complexity index is 565. The lowest BCUT2D eigenvalue weighted by Crippen LogP contribution is -2.19. The van der Waals surface area contributed by atoms with Gasteiger partial charge < -0.3 is 9.84 Å². The molecule has 1 aromatic rings. The van der Waals surface area contributed by atoms with Crippen molar-refractivity contribution in [3.8, 4) is 0 Å². The minimum atomic E-state index is 0.0349. The van der Waals surface area contributed by atoms with Gasteiger partial charge in [0.1, 0.15) is 5.82 Å². The summed E-state index contributed by atoms with van der Waals surface area (Å²) in [6.07, 6.45) is 18.2. The molecule has 4 nitrogen and oxygen atoms in total. The van der Waals surface area contributed by atoms with E-state index < -0.39 is 0 Å². The van der Waals surface area contributed by atoms with Gasteiger partial charge in [-0.1, -0.05) is 70.4 Å². The highest BCUT2D eigenvalue weighted by Crippen LogP contribution is 2.34. The van der Waals surface area contributed by atoms with Crippen LogP contribution in [0.3, 0.4) is 0 Å². The summed E-state index contributed by atoms with van der Waals surface area (Å²) in [4.78, 5) is 9.06. The minimum Gasteiger partial charge on any atom is -0.396 e. The number of hydrogen-bond donors (Lipinski definition) is 1. The summed E-state index contributed by atoms with van der Waals surface area (Å²) in [7, 11) is 0. The van der Waals surface area contributed by atoms with Crippen LogP contribution in [0.4, 0.5) is 0 Å². The molecule has 29 heavy (non-hydrogen) atoms. The van der Waals surface area contributed by atoms with Crippen molar-refractivity contribution in [3.63, 3.8) is 0 Å². The van der Waals surface area contributed by atoms with Gasteiger partial charge in [-0.2, -0.15) is 0 Å². The highest BCUT2D eigenvalue weighted by Gasteiger charge is 2.20. The average molecular weight is 403 g/mol. The molecule has 2 rings (SSSR count). The predicted octanol–water partition coefficient (Wildman–Crippen LogP) is 5.54. The third kappa shape index (κ3) is 9.86. The molecule has 0 radical (unpaired) electrons. The summed E-state index contributed by atoms with van der Waals surface area (Å²) in [5, 5.41) is 9.56. The Morgan fingerprint density at radius 2 is 1.79 bits per heavy atom. The van der Waals surface area contributed by atoms with Crippen molar-refractivity contribution in [2.24, 2.45) is 17.8 Å². The van der Waals surface area contributed by atoms with Crippen LogP contribution in [0.25, 0.3) is 0 Å². The van der Waals surface area contributed by atoms with E-state index in [2.05, 4.69) is 23.5 Å². The number of aromatic nitrogens is 2. The number of unbranched alkanes of at least 4 members (excludes halogenated alkanes) is 2. The van der Waals surface area contributed by atoms with Crippen molar-refractivity contribution in [2.75, 3.05) is 19.8 Å². The van der Waals surface area contributed by atoms with Gasteiger partial charge in [-0.25, -0.2) is 9.97 Å². The van der Waals surface area contributed by atoms with Crippen molar-refractivity contribution in [1.29, 1.82) is 0 Å². The van der Waals surface area contributed by atoms with Crippen LogP contribution < -0.4 is 0 Å². The van der Waals surface area contributed by atoms with Crippen LogP contribution in [0.1, 0.15) is 83.0 Å². The Kier molecular flexibility index (Phi) is 11.5. The summed E-state index contributed by atoms with van der Waals surface area (Å²) in [5.74, 6) is 2.69. The molecule has 1 heterocycles. The van der Waals surface area contributed by atoms with E-state index >= 15 is 0 Å². The normalized spacial score (nSPS) is 20.5. The van der Waals surface area contributed by atoms with Crippen molar-refractivity contribution in [2.45, 2.75) is 84.5 Å². The Labute approximate surface area is 178 Å². The molecule has 164 valence electrons. The molecule has 1 aromatic heterocycles.